The van der Waals surface area contributed by atoms with Gasteiger partial charge in [-0.2, -0.15) is 0 Å². The molecule has 0 saturated carbocycles. The number of benzene rings is 1. The first kappa shape index (κ1) is 20.1. The molecule has 0 aromatic heterocycles. The van der Waals surface area contributed by atoms with Crippen molar-refractivity contribution in [2.45, 2.75) is 53.1 Å². The summed E-state index contributed by atoms with van der Waals surface area (Å²) < 4.78 is 5.66. The molecular formula is C21H29NO4. The molecule has 1 aliphatic heterocycles. The maximum absolute atomic E-state index is 12.9. The molecule has 0 aliphatic carbocycles. The van der Waals surface area contributed by atoms with Gasteiger partial charge in [-0.15, -0.1) is 0 Å². The fourth-order valence-electron chi connectivity index (χ4n) is 3.24. The van der Waals surface area contributed by atoms with Gasteiger partial charge in [0.25, 0.3) is 5.91 Å². The van der Waals surface area contributed by atoms with Gasteiger partial charge in [-0.3, -0.25) is 14.4 Å². The van der Waals surface area contributed by atoms with E-state index in [0.717, 1.165) is 12.8 Å². The van der Waals surface area contributed by atoms with Crippen LogP contribution in [0.1, 0.15) is 57.3 Å². The van der Waals surface area contributed by atoms with Crippen LogP contribution in [0.4, 0.5) is 0 Å². The summed E-state index contributed by atoms with van der Waals surface area (Å²) in [4.78, 5) is 38.8. The number of amides is 1. The number of Topliss-reactive ketones (excluding diaryl/α,β-unsaturated/α-hetero) is 2. The molecule has 142 valence electrons. The molecule has 26 heavy (non-hydrogen) atoms. The lowest BCUT2D eigenvalue weighted by atomic mass is 9.89. The number of nitrogens with zero attached hydrogens (tertiary/aromatic N) is 1. The Morgan fingerprint density at radius 3 is 2.58 bits per heavy atom. The number of ketones is 2. The summed E-state index contributed by atoms with van der Waals surface area (Å²) in [6.07, 6.45) is 1.76. The van der Waals surface area contributed by atoms with Gasteiger partial charge in [0.2, 0.25) is 5.78 Å². The van der Waals surface area contributed by atoms with Crippen molar-refractivity contribution < 1.29 is 19.1 Å². The van der Waals surface area contributed by atoms with Crippen LogP contribution in [0.5, 0.6) is 5.75 Å². The lowest BCUT2D eigenvalue weighted by molar-refractivity contribution is -0.146. The number of hydrogen-bond donors (Lipinski definition) is 0. The number of hydrogen-bond acceptors (Lipinski definition) is 4. The highest BCUT2D eigenvalue weighted by Gasteiger charge is 2.31. The fraction of sp³-hybridized carbons (Fsp3) is 0.571. The third-order valence-electron chi connectivity index (χ3n) is 4.40. The molecule has 5 heteroatoms. The normalized spacial score (nSPS) is 17.5. The van der Waals surface area contributed by atoms with Gasteiger partial charge in [0.1, 0.15) is 5.75 Å². The Morgan fingerprint density at radius 2 is 1.92 bits per heavy atom. The molecule has 2 rings (SSSR count). The van der Waals surface area contributed by atoms with Crippen LogP contribution >= 0.6 is 0 Å². The topological polar surface area (TPSA) is 63.7 Å². The second kappa shape index (κ2) is 8.97. The molecular weight excluding hydrogens is 330 g/mol. The summed E-state index contributed by atoms with van der Waals surface area (Å²) in [5.74, 6) is -0.255. The van der Waals surface area contributed by atoms with Gasteiger partial charge >= 0.3 is 0 Å². The van der Waals surface area contributed by atoms with E-state index >= 15 is 0 Å². The van der Waals surface area contributed by atoms with E-state index in [4.69, 9.17) is 4.74 Å². The van der Waals surface area contributed by atoms with Gasteiger partial charge in [0.15, 0.2) is 5.78 Å². The molecule has 0 spiro atoms. The number of piperidine rings is 1. The van der Waals surface area contributed by atoms with E-state index in [1.165, 1.54) is 0 Å². The number of likely N-dealkylation sites (tertiary alicyclic amines) is 1. The predicted molar refractivity (Wildman–Crippen MR) is 100 cm³/mol. The summed E-state index contributed by atoms with van der Waals surface area (Å²) in [6, 6.07) is 7.17. The zero-order chi connectivity index (χ0) is 19.3. The van der Waals surface area contributed by atoms with Crippen LogP contribution in [0.15, 0.2) is 24.3 Å². The fourth-order valence-corrected chi connectivity index (χ4v) is 3.24. The highest BCUT2D eigenvalue weighted by Crippen LogP contribution is 2.24. The van der Waals surface area contributed by atoms with Gasteiger partial charge in [-0.25, -0.2) is 0 Å². The molecule has 0 N–H and O–H groups in total. The molecule has 1 amide bonds. The quantitative estimate of drug-likeness (QED) is 0.552. The van der Waals surface area contributed by atoms with Crippen LogP contribution in [-0.2, 0) is 9.59 Å². The molecule has 0 radical (unpaired) electrons. The number of carbonyl (C=O) groups excluding carboxylic acids is 3. The van der Waals surface area contributed by atoms with Crippen LogP contribution in [0.2, 0.25) is 0 Å². The van der Waals surface area contributed by atoms with E-state index in [0.29, 0.717) is 24.4 Å². The summed E-state index contributed by atoms with van der Waals surface area (Å²) in [6.45, 7) is 8.57. The molecule has 5 nitrogen and oxygen atoms in total. The van der Waals surface area contributed by atoms with E-state index in [1.807, 2.05) is 39.8 Å². The monoisotopic (exact) mass is 359 g/mol. The summed E-state index contributed by atoms with van der Waals surface area (Å²) in [5.41, 5.74) is 0.593. The number of rotatable bonds is 7. The maximum atomic E-state index is 12.9. The molecule has 1 saturated heterocycles. The second-order valence-electron chi connectivity index (χ2n) is 7.67. The van der Waals surface area contributed by atoms with Gasteiger partial charge < -0.3 is 9.64 Å². The van der Waals surface area contributed by atoms with E-state index in [9.17, 15) is 14.4 Å². The van der Waals surface area contributed by atoms with Crippen molar-refractivity contribution in [1.82, 2.24) is 4.90 Å². The van der Waals surface area contributed by atoms with E-state index in [-0.39, 0.29) is 35.9 Å². The van der Waals surface area contributed by atoms with Gasteiger partial charge in [0.05, 0.1) is 6.10 Å². The van der Waals surface area contributed by atoms with E-state index < -0.39 is 5.91 Å². The third kappa shape index (κ3) is 5.41. The lowest BCUT2D eigenvalue weighted by Crippen LogP contribution is -2.45. The van der Waals surface area contributed by atoms with Crippen molar-refractivity contribution >= 4 is 17.5 Å². The minimum Gasteiger partial charge on any atom is -0.491 e. The SMILES string of the molecule is CC(C)CC(=O)C(=O)N1CCC[C@H](C(=O)c2cccc(OC(C)C)c2)C1. The van der Waals surface area contributed by atoms with Crippen LogP contribution in [-0.4, -0.2) is 41.6 Å². The first-order chi connectivity index (χ1) is 12.3. The minimum atomic E-state index is -0.451. The molecule has 1 atom stereocenters. The van der Waals surface area contributed by atoms with Gasteiger partial charge in [0, 0.05) is 31.0 Å². The van der Waals surface area contributed by atoms with Crippen molar-refractivity contribution in [3.05, 3.63) is 29.8 Å². The maximum Gasteiger partial charge on any atom is 0.289 e. The highest BCUT2D eigenvalue weighted by molar-refractivity contribution is 6.36. The summed E-state index contributed by atoms with van der Waals surface area (Å²) >= 11 is 0. The van der Waals surface area contributed by atoms with Crippen molar-refractivity contribution in [3.8, 4) is 5.75 Å². The standard InChI is InChI=1S/C21H29NO4/c1-14(2)11-19(23)21(25)22-10-6-8-17(13-22)20(24)16-7-5-9-18(12-16)26-15(3)4/h5,7,9,12,14-15,17H,6,8,10-11,13H2,1-4H3/t17-/m0/s1. The minimum absolute atomic E-state index is 0.00742. The first-order valence-electron chi connectivity index (χ1n) is 9.41. The Bertz CT molecular complexity index is 666. The largest absolute Gasteiger partial charge is 0.491 e. The van der Waals surface area contributed by atoms with Crippen LogP contribution in [0, 0.1) is 11.8 Å². The van der Waals surface area contributed by atoms with E-state index in [2.05, 4.69) is 0 Å². The summed E-state index contributed by atoms with van der Waals surface area (Å²) in [5, 5.41) is 0. The lowest BCUT2D eigenvalue weighted by Gasteiger charge is -2.31. The van der Waals surface area contributed by atoms with Crippen molar-refractivity contribution in [2.75, 3.05) is 13.1 Å². The van der Waals surface area contributed by atoms with Crippen LogP contribution in [0.25, 0.3) is 0 Å². The molecule has 1 fully saturated rings. The Kier molecular flexibility index (Phi) is 6.95. The van der Waals surface area contributed by atoms with Gasteiger partial charge in [-0.1, -0.05) is 26.0 Å². The first-order valence-corrected chi connectivity index (χ1v) is 9.41. The third-order valence-corrected chi connectivity index (χ3v) is 4.40. The van der Waals surface area contributed by atoms with Crippen LogP contribution in [0.3, 0.4) is 0 Å². The molecule has 1 aliphatic rings. The smallest absolute Gasteiger partial charge is 0.289 e. The Balaban J connectivity index is 2.05. The van der Waals surface area contributed by atoms with Crippen molar-refractivity contribution in [2.24, 2.45) is 11.8 Å². The zero-order valence-electron chi connectivity index (χ0n) is 16.2. The average Bonchev–Trinajstić information content (AvgIpc) is 2.59. The molecule has 1 aromatic rings. The Morgan fingerprint density at radius 1 is 1.19 bits per heavy atom. The van der Waals surface area contributed by atoms with E-state index in [1.54, 1.807) is 17.0 Å². The average molecular weight is 359 g/mol. The Hall–Kier alpha value is -2.17. The molecule has 0 unspecified atom stereocenters. The number of carbonyl (C=O) groups is 3. The molecule has 0 bridgehead atoms. The zero-order valence-corrected chi connectivity index (χ0v) is 16.2. The molecule has 1 heterocycles. The van der Waals surface area contributed by atoms with Crippen molar-refractivity contribution in [1.29, 1.82) is 0 Å². The predicted octanol–water partition coefficient (Wildman–Crippen LogP) is 3.51. The second-order valence-corrected chi connectivity index (χ2v) is 7.67. The van der Waals surface area contributed by atoms with Crippen LogP contribution < -0.4 is 4.74 Å². The molecule has 1 aromatic carbocycles. The Labute approximate surface area is 155 Å². The highest BCUT2D eigenvalue weighted by atomic mass is 16.5. The van der Waals surface area contributed by atoms with Gasteiger partial charge in [-0.05, 0) is 44.7 Å². The summed E-state index contributed by atoms with van der Waals surface area (Å²) in [7, 11) is 0. The van der Waals surface area contributed by atoms with Crippen molar-refractivity contribution in [3.63, 3.8) is 0 Å². The number of ether oxygens (including phenoxy) is 1.